The van der Waals surface area contributed by atoms with Gasteiger partial charge in [-0.15, -0.1) is 0 Å². The van der Waals surface area contributed by atoms with Crippen molar-refractivity contribution >= 4 is 49.5 Å². The standard InChI is InChI=1S/C23H25PSe2/c1-3-7-20(8-4-1)25-23(24-26-21-9-5-2-6-10-21)22-18-12-16-11-17(14-18)15-19(22)13-16/h1-10,16-19,22H,11-15H2. The zero-order chi connectivity index (χ0) is 17.3. The Morgan fingerprint density at radius 3 is 1.81 bits per heavy atom. The molecule has 4 aliphatic rings. The second-order valence-corrected chi connectivity index (χ2v) is 15.4. The summed E-state index contributed by atoms with van der Waals surface area (Å²) < 4.78 is 5.08. The number of benzene rings is 2. The maximum atomic E-state index is 2.36. The molecular formula is C23H25PSe2. The van der Waals surface area contributed by atoms with Gasteiger partial charge in [-0.2, -0.15) is 0 Å². The van der Waals surface area contributed by atoms with Gasteiger partial charge in [0.2, 0.25) is 0 Å². The van der Waals surface area contributed by atoms with E-state index >= 15 is 0 Å². The zero-order valence-electron chi connectivity index (χ0n) is 15.0. The molecular weight excluding hydrogens is 465 g/mol. The van der Waals surface area contributed by atoms with Crippen LogP contribution in [0.4, 0.5) is 0 Å². The summed E-state index contributed by atoms with van der Waals surface area (Å²) in [6.45, 7) is 1.67. The van der Waals surface area contributed by atoms with E-state index in [0.29, 0.717) is 29.5 Å². The van der Waals surface area contributed by atoms with Crippen LogP contribution in [0, 0.1) is 29.6 Å². The Kier molecular flexibility index (Phi) is 5.42. The number of hydrogen-bond acceptors (Lipinski definition) is 0. The molecule has 0 radical (unpaired) electrons. The first-order valence-electron chi connectivity index (χ1n) is 9.88. The van der Waals surface area contributed by atoms with Gasteiger partial charge in [0.1, 0.15) is 0 Å². The van der Waals surface area contributed by atoms with Gasteiger partial charge in [-0.25, -0.2) is 0 Å². The van der Waals surface area contributed by atoms with E-state index in [0.717, 1.165) is 29.6 Å². The average molecular weight is 490 g/mol. The van der Waals surface area contributed by atoms with Crippen LogP contribution in [0.15, 0.2) is 60.7 Å². The minimum atomic E-state index is 0.541. The van der Waals surface area contributed by atoms with Crippen LogP contribution in [0.5, 0.6) is 0 Å². The topological polar surface area (TPSA) is 0 Å². The molecule has 2 aromatic rings. The second-order valence-electron chi connectivity index (χ2n) is 8.21. The van der Waals surface area contributed by atoms with Crippen molar-refractivity contribution in [2.45, 2.75) is 32.1 Å². The van der Waals surface area contributed by atoms with Gasteiger partial charge in [-0.3, -0.25) is 0 Å². The van der Waals surface area contributed by atoms with E-state index < -0.39 is 0 Å². The molecule has 0 atom stereocenters. The van der Waals surface area contributed by atoms with Crippen LogP contribution >= 0.6 is 6.89 Å². The molecule has 3 heteroatoms. The molecule has 6 rings (SSSR count). The molecule has 0 unspecified atom stereocenters. The van der Waals surface area contributed by atoms with Gasteiger partial charge >= 0.3 is 172 Å². The van der Waals surface area contributed by atoms with Gasteiger partial charge in [0.05, 0.1) is 0 Å². The molecule has 0 aliphatic heterocycles. The predicted molar refractivity (Wildman–Crippen MR) is 116 cm³/mol. The van der Waals surface area contributed by atoms with Gasteiger partial charge in [0, 0.05) is 0 Å². The van der Waals surface area contributed by atoms with Gasteiger partial charge in [0.15, 0.2) is 0 Å². The number of rotatable bonds is 5. The Bertz CT molecular complexity index is 743. The molecule has 0 N–H and O–H groups in total. The van der Waals surface area contributed by atoms with Crippen LogP contribution < -0.4 is 8.92 Å². The molecule has 26 heavy (non-hydrogen) atoms. The zero-order valence-corrected chi connectivity index (χ0v) is 19.3. The van der Waals surface area contributed by atoms with Crippen LogP contribution in [0.3, 0.4) is 0 Å². The van der Waals surface area contributed by atoms with Crippen molar-refractivity contribution in [1.82, 2.24) is 0 Å². The molecule has 4 fully saturated rings. The maximum absolute atomic E-state index is 2.36. The Morgan fingerprint density at radius 1 is 0.692 bits per heavy atom. The van der Waals surface area contributed by atoms with Crippen LogP contribution in [-0.4, -0.2) is 33.7 Å². The van der Waals surface area contributed by atoms with Crippen LogP contribution in [0.1, 0.15) is 32.1 Å². The molecule has 2 aromatic carbocycles. The molecule has 0 spiro atoms. The van der Waals surface area contributed by atoms with Gasteiger partial charge in [0.25, 0.3) is 0 Å². The van der Waals surface area contributed by atoms with E-state index in [9.17, 15) is 0 Å². The van der Waals surface area contributed by atoms with Crippen molar-refractivity contribution < 1.29 is 0 Å². The third-order valence-electron chi connectivity index (χ3n) is 6.46. The third-order valence-corrected chi connectivity index (χ3v) is 15.8. The van der Waals surface area contributed by atoms with Crippen LogP contribution in [-0.2, 0) is 0 Å². The van der Waals surface area contributed by atoms with Gasteiger partial charge in [-0.05, 0) is 0 Å². The van der Waals surface area contributed by atoms with E-state index in [4.69, 9.17) is 0 Å². The number of hydrogen-bond donors (Lipinski definition) is 0. The molecule has 0 saturated heterocycles. The summed E-state index contributed by atoms with van der Waals surface area (Å²) in [6, 6.07) is 22.6. The van der Waals surface area contributed by atoms with Crippen LogP contribution in [0.2, 0.25) is 0 Å². The van der Waals surface area contributed by atoms with Crippen molar-refractivity contribution in [3.8, 4) is 0 Å². The fourth-order valence-corrected chi connectivity index (χ4v) is 15.1. The molecule has 4 bridgehead atoms. The van der Waals surface area contributed by atoms with E-state index in [2.05, 4.69) is 60.7 Å². The quantitative estimate of drug-likeness (QED) is 0.438. The van der Waals surface area contributed by atoms with Gasteiger partial charge < -0.3 is 0 Å². The van der Waals surface area contributed by atoms with E-state index in [-0.39, 0.29) is 0 Å². The molecule has 134 valence electrons. The van der Waals surface area contributed by atoms with Crippen molar-refractivity contribution in [3.05, 3.63) is 60.7 Å². The fourth-order valence-electron chi connectivity index (χ4n) is 5.66. The van der Waals surface area contributed by atoms with Crippen molar-refractivity contribution in [3.63, 3.8) is 0 Å². The first-order valence-corrected chi connectivity index (χ1v) is 15.6. The summed E-state index contributed by atoms with van der Waals surface area (Å²) in [4.78, 5) is 0. The normalized spacial score (nSPS) is 32.8. The molecule has 4 aliphatic carbocycles. The Labute approximate surface area is 171 Å². The minimum absolute atomic E-state index is 0.541. The Morgan fingerprint density at radius 2 is 1.23 bits per heavy atom. The first-order chi connectivity index (χ1) is 12.8. The summed E-state index contributed by atoms with van der Waals surface area (Å²) in [5.41, 5.74) is 0. The first kappa shape index (κ1) is 17.7. The predicted octanol–water partition coefficient (Wildman–Crippen LogP) is 4.11. The molecule has 4 saturated carbocycles. The van der Waals surface area contributed by atoms with Crippen LogP contribution in [0.25, 0.3) is 0 Å². The van der Waals surface area contributed by atoms with E-state index in [1.54, 1.807) is 47.9 Å². The Hall–Kier alpha value is -0.351. The second kappa shape index (κ2) is 7.95. The SMILES string of the molecule is c1ccc([Se]P=C([Se]c2ccccc2)C2C3CC4CC(C3)CC2C4)cc1. The summed E-state index contributed by atoms with van der Waals surface area (Å²) in [5, 5.41) is 0. The molecule has 0 amide bonds. The monoisotopic (exact) mass is 492 g/mol. The third kappa shape index (κ3) is 3.78. The summed E-state index contributed by atoms with van der Waals surface area (Å²) in [5.74, 6) is 5.14. The van der Waals surface area contributed by atoms with E-state index in [1.807, 2.05) is 4.19 Å². The summed E-state index contributed by atoms with van der Waals surface area (Å²) in [6.07, 6.45) is 7.73. The molecule has 0 nitrogen and oxygen atoms in total. The van der Waals surface area contributed by atoms with Crippen molar-refractivity contribution in [1.29, 1.82) is 0 Å². The fraction of sp³-hybridized carbons (Fsp3) is 0.435. The van der Waals surface area contributed by atoms with Crippen molar-refractivity contribution in [2.75, 3.05) is 0 Å². The molecule has 0 heterocycles. The van der Waals surface area contributed by atoms with Gasteiger partial charge in [-0.1, -0.05) is 0 Å². The molecule has 0 aromatic heterocycles. The summed E-state index contributed by atoms with van der Waals surface area (Å²) in [7, 11) is 0. The average Bonchev–Trinajstić information content (AvgIpc) is 2.67. The van der Waals surface area contributed by atoms with Crippen molar-refractivity contribution in [2.24, 2.45) is 29.6 Å². The Balaban J connectivity index is 1.43. The summed E-state index contributed by atoms with van der Waals surface area (Å²) >= 11 is 1.11. The van der Waals surface area contributed by atoms with E-state index in [1.165, 1.54) is 0 Å².